The van der Waals surface area contributed by atoms with Crippen molar-refractivity contribution in [3.05, 3.63) is 137 Å². The lowest BCUT2D eigenvalue weighted by Gasteiger charge is -2.30. The normalized spacial score (nSPS) is 16.4. The Morgan fingerprint density at radius 3 is 2.59 bits per heavy atom. The van der Waals surface area contributed by atoms with Crippen molar-refractivity contribution in [2.75, 3.05) is 7.11 Å². The summed E-state index contributed by atoms with van der Waals surface area (Å²) in [6.45, 7) is 0. The first-order valence-corrected chi connectivity index (χ1v) is 14.3. The predicted molar refractivity (Wildman–Crippen MR) is 158 cm³/mol. The zero-order chi connectivity index (χ0) is 26.5. The molecule has 7 rings (SSSR count). The van der Waals surface area contributed by atoms with E-state index in [1.54, 1.807) is 7.11 Å². The monoisotopic (exact) mass is 594 g/mol. The summed E-state index contributed by atoms with van der Waals surface area (Å²) in [6, 6.07) is 28.0. The van der Waals surface area contributed by atoms with Crippen LogP contribution < -0.4 is 19.6 Å². The van der Waals surface area contributed by atoms with Crippen LogP contribution in [0, 0.1) is 0 Å². The fraction of sp³-hybridized carbons (Fsp3) is 0.125. The Bertz CT molecular complexity index is 1930. The van der Waals surface area contributed by atoms with Crippen LogP contribution in [0.4, 0.5) is 0 Å². The molecule has 0 radical (unpaired) electrons. The summed E-state index contributed by atoms with van der Waals surface area (Å²) in [5.41, 5.74) is 6.57. The average Bonchev–Trinajstić information content (AvgIpc) is 3.56. The van der Waals surface area contributed by atoms with Crippen LogP contribution in [0.5, 0.6) is 5.75 Å². The quantitative estimate of drug-likeness (QED) is 0.243. The zero-order valence-electron chi connectivity index (χ0n) is 21.1. The Hall–Kier alpha value is -3.94. The van der Waals surface area contributed by atoms with Gasteiger partial charge in [-0.3, -0.25) is 9.36 Å². The highest BCUT2D eigenvalue weighted by Crippen LogP contribution is 2.41. The van der Waals surface area contributed by atoms with E-state index in [-0.39, 0.29) is 11.6 Å². The Morgan fingerprint density at radius 1 is 1.00 bits per heavy atom. The molecule has 1 atom stereocenters. The van der Waals surface area contributed by atoms with Crippen molar-refractivity contribution in [1.82, 2.24) is 4.57 Å². The average molecular weight is 596 g/mol. The lowest BCUT2D eigenvalue weighted by atomic mass is 9.83. The van der Waals surface area contributed by atoms with Crippen LogP contribution >= 0.6 is 27.3 Å². The largest absolute Gasteiger partial charge is 0.497 e. The molecule has 2 aromatic heterocycles. The Morgan fingerprint density at radius 2 is 1.79 bits per heavy atom. The van der Waals surface area contributed by atoms with Gasteiger partial charge in [0.15, 0.2) is 4.80 Å². The van der Waals surface area contributed by atoms with Crippen LogP contribution in [-0.4, -0.2) is 11.7 Å². The van der Waals surface area contributed by atoms with Crippen LogP contribution in [0.1, 0.15) is 34.9 Å². The van der Waals surface area contributed by atoms with Crippen LogP contribution in [-0.2, 0) is 6.42 Å². The van der Waals surface area contributed by atoms with E-state index in [2.05, 4.69) is 40.2 Å². The van der Waals surface area contributed by atoms with E-state index in [1.165, 1.54) is 22.5 Å². The van der Waals surface area contributed by atoms with Crippen LogP contribution in [0.15, 0.2) is 109 Å². The molecule has 1 aliphatic carbocycles. The Balaban J connectivity index is 1.39. The zero-order valence-corrected chi connectivity index (χ0v) is 23.5. The van der Waals surface area contributed by atoms with E-state index in [9.17, 15) is 4.79 Å². The number of aromatic nitrogens is 1. The topological polar surface area (TPSA) is 56.7 Å². The molecule has 0 unspecified atom stereocenters. The third kappa shape index (κ3) is 4.22. The predicted octanol–water partition coefficient (Wildman–Crippen LogP) is 6.35. The molecular formula is C32H23BrN2O3S. The minimum atomic E-state index is -0.229. The van der Waals surface area contributed by atoms with Gasteiger partial charge in [-0.1, -0.05) is 75.8 Å². The molecule has 5 aromatic rings. The lowest BCUT2D eigenvalue weighted by molar-refractivity contribution is 0.414. The van der Waals surface area contributed by atoms with Crippen LogP contribution in [0.25, 0.3) is 23.1 Å². The highest BCUT2D eigenvalue weighted by Gasteiger charge is 2.32. The van der Waals surface area contributed by atoms with Gasteiger partial charge in [0.2, 0.25) is 0 Å². The van der Waals surface area contributed by atoms with Crippen LogP contribution in [0.2, 0.25) is 0 Å². The van der Waals surface area contributed by atoms with Gasteiger partial charge in [0, 0.05) is 21.7 Å². The summed E-state index contributed by atoms with van der Waals surface area (Å²) in [5.74, 6) is 2.17. The number of thiazole rings is 1. The number of halogens is 1. The van der Waals surface area contributed by atoms with Gasteiger partial charge < -0.3 is 9.15 Å². The summed E-state index contributed by atoms with van der Waals surface area (Å²) in [7, 11) is 1.66. The third-order valence-corrected chi connectivity index (χ3v) is 8.84. The molecule has 0 N–H and O–H groups in total. The molecule has 0 amide bonds. The maximum absolute atomic E-state index is 13.9. The molecule has 0 saturated heterocycles. The molecule has 39 heavy (non-hydrogen) atoms. The maximum atomic E-state index is 13.9. The van der Waals surface area contributed by atoms with Crippen molar-refractivity contribution in [2.24, 2.45) is 4.99 Å². The molecule has 0 bridgehead atoms. The molecule has 0 saturated carbocycles. The molecule has 5 nitrogen and oxygen atoms in total. The summed E-state index contributed by atoms with van der Waals surface area (Å²) in [6.07, 6.45) is 3.60. The number of methoxy groups -OCH3 is 1. The Kier molecular flexibility index (Phi) is 5.98. The van der Waals surface area contributed by atoms with Crippen molar-refractivity contribution in [1.29, 1.82) is 0 Å². The number of hydrogen-bond donors (Lipinski definition) is 0. The van der Waals surface area contributed by atoms with E-state index < -0.39 is 0 Å². The molecule has 1 aliphatic heterocycles. The van der Waals surface area contributed by atoms with Crippen molar-refractivity contribution < 1.29 is 9.15 Å². The number of aryl methyl sites for hydroxylation is 1. The molecule has 7 heteroatoms. The molecule has 3 aromatic carbocycles. The van der Waals surface area contributed by atoms with Crippen molar-refractivity contribution in [2.45, 2.75) is 18.9 Å². The number of nitrogens with zero attached hydrogens (tertiary/aromatic N) is 2. The van der Waals surface area contributed by atoms with Crippen LogP contribution in [0.3, 0.4) is 0 Å². The smallest absolute Gasteiger partial charge is 0.271 e. The first-order chi connectivity index (χ1) is 19.1. The summed E-state index contributed by atoms with van der Waals surface area (Å²) >= 11 is 4.88. The van der Waals surface area contributed by atoms with E-state index in [1.807, 2.05) is 71.3 Å². The third-order valence-electron chi connectivity index (χ3n) is 7.33. The maximum Gasteiger partial charge on any atom is 0.271 e. The summed E-state index contributed by atoms with van der Waals surface area (Å²) in [5, 5.41) is 0. The number of ether oxygens (including phenoxy) is 1. The number of rotatable bonds is 4. The Labute approximate surface area is 237 Å². The highest BCUT2D eigenvalue weighted by molar-refractivity contribution is 9.10. The number of benzene rings is 3. The van der Waals surface area contributed by atoms with Crippen molar-refractivity contribution >= 4 is 39.0 Å². The van der Waals surface area contributed by atoms with Gasteiger partial charge in [-0.2, -0.15) is 0 Å². The van der Waals surface area contributed by atoms with E-state index in [4.69, 9.17) is 14.1 Å². The molecule has 0 spiro atoms. The SMILES string of the molecule is COc1ccc([C@@H]2C3=C(N=c4s/c(=C\c5ccc(-c6ccc(Br)cc6)o5)c(=O)n42)c2ccccc2CC3)cc1. The second kappa shape index (κ2) is 9.67. The summed E-state index contributed by atoms with van der Waals surface area (Å²) in [4.78, 5) is 19.7. The van der Waals surface area contributed by atoms with E-state index in [0.717, 1.165) is 51.2 Å². The van der Waals surface area contributed by atoms with Gasteiger partial charge >= 0.3 is 0 Å². The van der Waals surface area contributed by atoms with Gasteiger partial charge in [-0.25, -0.2) is 4.99 Å². The van der Waals surface area contributed by atoms with Gasteiger partial charge in [-0.05, 0) is 65.9 Å². The number of allylic oxidation sites excluding steroid dienone is 1. The van der Waals surface area contributed by atoms with Crippen molar-refractivity contribution in [3.8, 4) is 17.1 Å². The molecular weight excluding hydrogens is 572 g/mol. The molecule has 192 valence electrons. The minimum absolute atomic E-state index is 0.0634. The fourth-order valence-electron chi connectivity index (χ4n) is 5.44. The second-order valence-electron chi connectivity index (χ2n) is 9.60. The van der Waals surface area contributed by atoms with E-state index >= 15 is 0 Å². The highest BCUT2D eigenvalue weighted by atomic mass is 79.9. The minimum Gasteiger partial charge on any atom is -0.497 e. The number of fused-ring (bicyclic) bond motifs is 3. The molecule has 3 heterocycles. The summed E-state index contributed by atoms with van der Waals surface area (Å²) < 4.78 is 15.0. The first-order valence-electron chi connectivity index (χ1n) is 12.7. The molecule has 2 aliphatic rings. The fourth-order valence-corrected chi connectivity index (χ4v) is 6.68. The number of hydrogen-bond acceptors (Lipinski definition) is 5. The first kappa shape index (κ1) is 24.1. The van der Waals surface area contributed by atoms with E-state index in [0.29, 0.717) is 15.1 Å². The number of furan rings is 1. The van der Waals surface area contributed by atoms with Gasteiger partial charge in [-0.15, -0.1) is 0 Å². The van der Waals surface area contributed by atoms with Gasteiger partial charge in [0.25, 0.3) is 5.56 Å². The van der Waals surface area contributed by atoms with Gasteiger partial charge in [0.05, 0.1) is 23.4 Å². The second-order valence-corrected chi connectivity index (χ2v) is 11.5. The lowest BCUT2D eigenvalue weighted by Crippen LogP contribution is -2.38. The molecule has 0 fully saturated rings. The van der Waals surface area contributed by atoms with Crippen molar-refractivity contribution in [3.63, 3.8) is 0 Å². The van der Waals surface area contributed by atoms with Gasteiger partial charge in [0.1, 0.15) is 17.3 Å². The standard InChI is InChI=1S/C32H23BrN2O3S/c1-37-23-13-8-21(9-14-23)30-26-16-10-19-4-2-3-5-25(19)29(26)34-32-35(30)31(36)28(39-32)18-24-15-17-27(38-24)20-6-11-22(33)12-7-20/h2-9,11-15,17-18,30H,10,16H2,1H3/b28-18-/t30-/m1/s1.